The second-order valence-electron chi connectivity index (χ2n) is 6.70. The zero-order valence-electron chi connectivity index (χ0n) is 16.8. The largest absolute Gasteiger partial charge is 0.420 e. The van der Waals surface area contributed by atoms with Crippen molar-refractivity contribution in [2.45, 2.75) is 96.5 Å². The molecule has 2 N–H and O–H groups in total. The number of rotatable bonds is 18. The van der Waals surface area contributed by atoms with Gasteiger partial charge in [-0.25, -0.2) is 5.48 Å². The predicted octanol–water partition coefficient (Wildman–Crippen LogP) is 3.93. The van der Waals surface area contributed by atoms with E-state index in [-0.39, 0.29) is 12.5 Å². The second kappa shape index (κ2) is 17.2. The number of unbranched alkanes of at least 4 members (excludes halogenated alkanes) is 8. The molecule has 1 atom stereocenters. The Kier molecular flexibility index (Phi) is 16.5. The fourth-order valence-electron chi connectivity index (χ4n) is 2.56. The molecule has 0 saturated carbocycles. The summed E-state index contributed by atoms with van der Waals surface area (Å²) < 4.78 is 29.9. The molecule has 0 rings (SSSR count). The van der Waals surface area contributed by atoms with Crippen LogP contribution in [0.15, 0.2) is 12.2 Å². The van der Waals surface area contributed by atoms with E-state index in [1.807, 2.05) is 5.48 Å². The maximum absolute atomic E-state index is 11.4. The first kappa shape index (κ1) is 26.0. The van der Waals surface area contributed by atoms with Gasteiger partial charge in [0.15, 0.2) is 0 Å². The molecule has 0 unspecified atom stereocenters. The molecule has 0 aliphatic heterocycles. The molecule has 0 bridgehead atoms. The van der Waals surface area contributed by atoms with Crippen LogP contribution in [-0.2, 0) is 23.7 Å². The molecule has 0 aliphatic carbocycles. The Morgan fingerprint density at radius 2 is 1.70 bits per heavy atom. The Balaban J connectivity index is 3.45. The summed E-state index contributed by atoms with van der Waals surface area (Å²) >= 11 is 0. The van der Waals surface area contributed by atoms with E-state index in [0.717, 1.165) is 58.5 Å². The normalized spacial score (nSPS) is 13.1. The Morgan fingerprint density at radius 1 is 1.04 bits per heavy atom. The van der Waals surface area contributed by atoms with Crippen molar-refractivity contribution in [2.24, 2.45) is 0 Å². The first-order valence-corrected chi connectivity index (χ1v) is 11.4. The van der Waals surface area contributed by atoms with Gasteiger partial charge in [0, 0.05) is 6.42 Å². The molecule has 0 spiro atoms. The number of nitrogens with one attached hydrogen (secondary N) is 1. The van der Waals surface area contributed by atoms with Crippen molar-refractivity contribution in [3.63, 3.8) is 0 Å². The molecule has 1 amide bonds. The number of amides is 1. The molecule has 8 heteroatoms. The average molecular weight is 408 g/mol. The maximum atomic E-state index is 11.4. The van der Waals surface area contributed by atoms with Gasteiger partial charge in [0.1, 0.15) is 0 Å². The molecule has 0 aromatic rings. The van der Waals surface area contributed by atoms with E-state index in [1.54, 1.807) is 0 Å². The van der Waals surface area contributed by atoms with Gasteiger partial charge in [-0.1, -0.05) is 64.0 Å². The fraction of sp³-hybridized carbons (Fsp3) is 0.842. The topological polar surface area (TPSA) is 102 Å². The van der Waals surface area contributed by atoms with E-state index < -0.39 is 16.3 Å². The van der Waals surface area contributed by atoms with Crippen LogP contribution >= 0.6 is 0 Å². The number of allylic oxidation sites excluding steroid dienone is 1. The Hall–Kier alpha value is -0.960. The van der Waals surface area contributed by atoms with E-state index in [9.17, 15) is 18.3 Å². The lowest BCUT2D eigenvalue weighted by molar-refractivity contribution is -0.128. The van der Waals surface area contributed by atoms with Crippen molar-refractivity contribution in [1.82, 2.24) is 5.48 Å². The Labute approximate surface area is 164 Å². The molecule has 0 radical (unpaired) electrons. The maximum Gasteiger partial charge on any atom is 0.420 e. The molecule has 27 heavy (non-hydrogen) atoms. The van der Waals surface area contributed by atoms with Gasteiger partial charge in [0.2, 0.25) is 5.91 Å². The van der Waals surface area contributed by atoms with Crippen molar-refractivity contribution in [1.29, 1.82) is 0 Å². The summed E-state index contributed by atoms with van der Waals surface area (Å²) in [5.41, 5.74) is 1.85. The van der Waals surface area contributed by atoms with E-state index in [0.29, 0.717) is 6.42 Å². The summed E-state index contributed by atoms with van der Waals surface area (Å²) in [5, 5.41) is 9.86. The zero-order valence-corrected chi connectivity index (χ0v) is 17.6. The number of aliphatic hydroxyl groups is 1. The molecule has 160 valence electrons. The summed E-state index contributed by atoms with van der Waals surface area (Å²) in [4.78, 5) is 11.4. The third-order valence-corrected chi connectivity index (χ3v) is 4.90. The number of hydrogen-bond donors (Lipinski definition) is 2. The number of hydrogen-bond acceptors (Lipinski definition) is 6. The minimum absolute atomic E-state index is 0.216. The summed E-state index contributed by atoms with van der Waals surface area (Å²) in [6.07, 6.45) is 16.4. The summed E-state index contributed by atoms with van der Waals surface area (Å²) in [7, 11) is -3.18. The van der Waals surface area contributed by atoms with Crippen LogP contribution in [0.2, 0.25) is 0 Å². The van der Waals surface area contributed by atoms with Crippen LogP contribution in [0.5, 0.6) is 0 Å². The van der Waals surface area contributed by atoms with E-state index in [1.165, 1.54) is 19.3 Å². The van der Waals surface area contributed by atoms with Crippen LogP contribution in [0.4, 0.5) is 0 Å². The monoisotopic (exact) mass is 407 g/mol. The average Bonchev–Trinajstić information content (AvgIpc) is 2.65. The third-order valence-electron chi connectivity index (χ3n) is 4.20. The van der Waals surface area contributed by atoms with Crippen LogP contribution in [0.3, 0.4) is 0 Å². The van der Waals surface area contributed by atoms with E-state index in [4.69, 9.17) is 0 Å². The van der Waals surface area contributed by atoms with Crippen LogP contribution < -0.4 is 5.48 Å². The number of aliphatic hydroxyl groups excluding tert-OH is 1. The minimum atomic E-state index is -4.13. The van der Waals surface area contributed by atoms with Crippen LogP contribution in [-0.4, -0.2) is 32.6 Å². The first-order valence-electron chi connectivity index (χ1n) is 10.0. The van der Waals surface area contributed by atoms with Crippen molar-refractivity contribution in [3.05, 3.63) is 12.2 Å². The molecule has 0 heterocycles. The lowest BCUT2D eigenvalue weighted by Crippen LogP contribution is -2.27. The summed E-state index contributed by atoms with van der Waals surface area (Å²) in [6.45, 7) is 2.18. The molecule has 0 fully saturated rings. The smallest absolute Gasteiger partial charge is 0.393 e. The SMILES string of the molecule is CCCCCC[C@@H](O)C/C=C\CCCCCCCC(=O)NOS(=O)(=O)OC. The van der Waals surface area contributed by atoms with Gasteiger partial charge in [0.05, 0.1) is 13.2 Å². The van der Waals surface area contributed by atoms with Crippen molar-refractivity contribution >= 4 is 16.3 Å². The standard InChI is InChI=1S/C19H37NO6S/c1-3-4-5-12-15-18(21)16-13-10-8-6-7-9-11-14-17-19(22)20-26-27(23,24)25-2/h10,13,18,21H,3-9,11-12,14-17H2,1-2H3,(H,20,22)/b13-10-/t18-/m1/s1. The van der Waals surface area contributed by atoms with Gasteiger partial charge in [-0.15, -0.1) is 4.28 Å². The predicted molar refractivity (Wildman–Crippen MR) is 106 cm³/mol. The number of carbonyl (C=O) groups excluding carboxylic acids is 1. The first-order chi connectivity index (χ1) is 12.9. The van der Waals surface area contributed by atoms with Crippen molar-refractivity contribution < 1.29 is 26.8 Å². The lowest BCUT2D eigenvalue weighted by Gasteiger charge is -2.07. The summed E-state index contributed by atoms with van der Waals surface area (Å²) in [6, 6.07) is 0. The number of carbonyl (C=O) groups is 1. The molecule has 7 nitrogen and oxygen atoms in total. The molecule has 0 saturated heterocycles. The minimum Gasteiger partial charge on any atom is -0.393 e. The van der Waals surface area contributed by atoms with Gasteiger partial charge in [-0.05, 0) is 32.1 Å². The highest BCUT2D eigenvalue weighted by molar-refractivity contribution is 7.81. The highest BCUT2D eigenvalue weighted by atomic mass is 32.3. The third kappa shape index (κ3) is 18.2. The fourth-order valence-corrected chi connectivity index (χ4v) is 2.82. The van der Waals surface area contributed by atoms with Gasteiger partial charge in [0.25, 0.3) is 0 Å². The van der Waals surface area contributed by atoms with Crippen LogP contribution in [0.1, 0.15) is 90.4 Å². The zero-order chi connectivity index (χ0) is 20.4. The van der Waals surface area contributed by atoms with Crippen LogP contribution in [0, 0.1) is 0 Å². The highest BCUT2D eigenvalue weighted by Gasteiger charge is 2.11. The van der Waals surface area contributed by atoms with E-state index >= 15 is 0 Å². The van der Waals surface area contributed by atoms with Crippen LogP contribution in [0.25, 0.3) is 0 Å². The Bertz CT molecular complexity index is 492. The lowest BCUT2D eigenvalue weighted by atomic mass is 10.1. The van der Waals surface area contributed by atoms with Gasteiger partial charge in [-0.2, -0.15) is 8.42 Å². The Morgan fingerprint density at radius 3 is 2.41 bits per heavy atom. The highest BCUT2D eigenvalue weighted by Crippen LogP contribution is 2.10. The van der Waals surface area contributed by atoms with Crippen molar-refractivity contribution in [2.75, 3.05) is 7.11 Å². The molecule has 0 aliphatic rings. The molecule has 0 aromatic heterocycles. The quantitative estimate of drug-likeness (QED) is 0.203. The molecular formula is C19H37NO6S. The van der Waals surface area contributed by atoms with Crippen molar-refractivity contribution in [3.8, 4) is 0 Å². The number of hydroxylamine groups is 1. The van der Waals surface area contributed by atoms with Gasteiger partial charge < -0.3 is 5.11 Å². The van der Waals surface area contributed by atoms with Gasteiger partial charge in [-0.3, -0.25) is 8.98 Å². The van der Waals surface area contributed by atoms with Gasteiger partial charge >= 0.3 is 10.4 Å². The molecule has 0 aromatic carbocycles. The molecular weight excluding hydrogens is 370 g/mol. The van der Waals surface area contributed by atoms with E-state index in [2.05, 4.69) is 27.5 Å². The summed E-state index contributed by atoms with van der Waals surface area (Å²) in [5.74, 6) is -0.480. The second-order valence-corrected chi connectivity index (χ2v) is 8.02.